The molecule has 1 aromatic rings. The molecular formula is C14H21O2PS2. The van der Waals surface area contributed by atoms with Gasteiger partial charge in [0.2, 0.25) is 0 Å². The molecule has 0 spiro atoms. The molecule has 0 aliphatic heterocycles. The molecule has 0 atom stereocenters. The van der Waals surface area contributed by atoms with Gasteiger partial charge in [-0.2, -0.15) is 0 Å². The zero-order valence-electron chi connectivity index (χ0n) is 11.8. The number of rotatable bonds is 7. The standard InChI is InChI=1S/C14H21O2PS2/c1-12(2)15-17(18,16-13(3)4)19-11-10-14-8-6-5-7-9-14/h5-13H,1-4H3/b11-10+. The lowest BCUT2D eigenvalue weighted by molar-refractivity contribution is 0.186. The van der Waals surface area contributed by atoms with Crippen LogP contribution in [0.2, 0.25) is 0 Å². The molecule has 2 nitrogen and oxygen atoms in total. The van der Waals surface area contributed by atoms with Crippen molar-refractivity contribution in [2.75, 3.05) is 0 Å². The van der Waals surface area contributed by atoms with Gasteiger partial charge in [0.15, 0.2) is 0 Å². The van der Waals surface area contributed by atoms with Crippen LogP contribution in [0.4, 0.5) is 0 Å². The van der Waals surface area contributed by atoms with Crippen molar-refractivity contribution in [2.45, 2.75) is 39.9 Å². The van der Waals surface area contributed by atoms with Crippen LogP contribution in [-0.4, -0.2) is 12.2 Å². The molecule has 0 fully saturated rings. The molecule has 19 heavy (non-hydrogen) atoms. The molecule has 1 aromatic carbocycles. The van der Waals surface area contributed by atoms with Gasteiger partial charge in [-0.3, -0.25) is 0 Å². The van der Waals surface area contributed by atoms with Crippen molar-refractivity contribution in [1.29, 1.82) is 0 Å². The Morgan fingerprint density at radius 2 is 1.58 bits per heavy atom. The summed E-state index contributed by atoms with van der Waals surface area (Å²) in [5.41, 5.74) is -1.16. The minimum atomic E-state index is -2.31. The van der Waals surface area contributed by atoms with Crippen molar-refractivity contribution in [3.63, 3.8) is 0 Å². The Morgan fingerprint density at radius 1 is 1.05 bits per heavy atom. The Balaban J connectivity index is 2.68. The second kappa shape index (κ2) is 8.23. The van der Waals surface area contributed by atoms with E-state index < -0.39 is 5.69 Å². The van der Waals surface area contributed by atoms with Gasteiger partial charge >= 0.3 is 0 Å². The monoisotopic (exact) mass is 316 g/mol. The van der Waals surface area contributed by atoms with E-state index in [1.165, 1.54) is 11.4 Å². The normalized spacial score (nSPS) is 12.7. The van der Waals surface area contributed by atoms with Gasteiger partial charge in [0, 0.05) is 0 Å². The van der Waals surface area contributed by atoms with Crippen LogP contribution in [-0.2, 0) is 20.9 Å². The summed E-state index contributed by atoms with van der Waals surface area (Å²) >= 11 is 7.02. The predicted molar refractivity (Wildman–Crippen MR) is 89.8 cm³/mol. The fourth-order valence-electron chi connectivity index (χ4n) is 1.34. The molecule has 106 valence electrons. The lowest BCUT2D eigenvalue weighted by Crippen LogP contribution is -2.05. The van der Waals surface area contributed by atoms with E-state index in [1.807, 2.05) is 69.5 Å². The topological polar surface area (TPSA) is 18.5 Å². The molecule has 1 rings (SSSR count). The van der Waals surface area contributed by atoms with E-state index in [4.69, 9.17) is 20.9 Å². The molecule has 0 aliphatic rings. The fourth-order valence-corrected chi connectivity index (χ4v) is 6.33. The predicted octanol–water partition coefficient (Wildman–Crippen LogP) is 5.47. The summed E-state index contributed by atoms with van der Waals surface area (Å²) in [6.45, 7) is 7.91. The molecule has 0 amide bonds. The summed E-state index contributed by atoms with van der Waals surface area (Å²) in [6, 6.07) is 10.1. The molecule has 0 aromatic heterocycles. The third-order valence-electron chi connectivity index (χ3n) is 1.93. The first-order valence-electron chi connectivity index (χ1n) is 6.28. The molecule has 0 saturated heterocycles. The van der Waals surface area contributed by atoms with Crippen LogP contribution in [0.25, 0.3) is 6.08 Å². The number of hydrogen-bond acceptors (Lipinski definition) is 4. The Labute approximate surface area is 125 Å². The third kappa shape index (κ3) is 7.28. The van der Waals surface area contributed by atoms with Gasteiger partial charge < -0.3 is 9.05 Å². The highest BCUT2D eigenvalue weighted by atomic mass is 32.9. The minimum Gasteiger partial charge on any atom is -0.319 e. The summed E-state index contributed by atoms with van der Waals surface area (Å²) in [4.78, 5) is 0. The summed E-state index contributed by atoms with van der Waals surface area (Å²) in [7, 11) is 0. The van der Waals surface area contributed by atoms with Crippen LogP contribution in [0, 0.1) is 0 Å². The van der Waals surface area contributed by atoms with E-state index in [9.17, 15) is 0 Å². The van der Waals surface area contributed by atoms with E-state index in [1.54, 1.807) is 0 Å². The molecule has 0 saturated carbocycles. The summed E-state index contributed by atoms with van der Waals surface area (Å²) in [5, 5.41) is 1.97. The lowest BCUT2D eigenvalue weighted by atomic mass is 10.2. The summed E-state index contributed by atoms with van der Waals surface area (Å²) in [6.07, 6.45) is 2.17. The molecule has 0 unspecified atom stereocenters. The van der Waals surface area contributed by atoms with Gasteiger partial charge in [-0.15, -0.1) is 0 Å². The maximum atomic E-state index is 5.80. The van der Waals surface area contributed by atoms with Crippen LogP contribution in [0.15, 0.2) is 35.7 Å². The molecule has 0 heterocycles. The highest BCUT2D eigenvalue weighted by Gasteiger charge is 2.22. The van der Waals surface area contributed by atoms with Gasteiger partial charge in [-0.05, 0) is 67.9 Å². The minimum absolute atomic E-state index is 0.0715. The van der Waals surface area contributed by atoms with E-state index >= 15 is 0 Å². The smallest absolute Gasteiger partial charge is 0.252 e. The maximum Gasteiger partial charge on any atom is 0.252 e. The van der Waals surface area contributed by atoms with Crippen LogP contribution in [0.5, 0.6) is 0 Å². The van der Waals surface area contributed by atoms with Gasteiger partial charge in [0.25, 0.3) is 5.69 Å². The Hall–Kier alpha value is -0.120. The van der Waals surface area contributed by atoms with Crippen molar-refractivity contribution >= 4 is 35.0 Å². The van der Waals surface area contributed by atoms with Crippen LogP contribution >= 0.6 is 17.1 Å². The summed E-state index contributed by atoms with van der Waals surface area (Å²) < 4.78 is 11.6. The first kappa shape index (κ1) is 16.9. The van der Waals surface area contributed by atoms with Crippen LogP contribution in [0.1, 0.15) is 33.3 Å². The molecular weight excluding hydrogens is 295 g/mol. The quantitative estimate of drug-likeness (QED) is 0.621. The van der Waals surface area contributed by atoms with Crippen LogP contribution in [0.3, 0.4) is 0 Å². The molecule has 5 heteroatoms. The highest BCUT2D eigenvalue weighted by Crippen LogP contribution is 2.63. The second-order valence-corrected chi connectivity index (χ2v) is 10.6. The van der Waals surface area contributed by atoms with Crippen molar-refractivity contribution in [1.82, 2.24) is 0 Å². The van der Waals surface area contributed by atoms with E-state index in [0.717, 1.165) is 5.56 Å². The first-order valence-corrected chi connectivity index (χ1v) is 10.4. The van der Waals surface area contributed by atoms with E-state index in [2.05, 4.69) is 0 Å². The summed E-state index contributed by atoms with van der Waals surface area (Å²) in [5.74, 6) is 0. The average molecular weight is 316 g/mol. The first-order chi connectivity index (χ1) is 8.91. The largest absolute Gasteiger partial charge is 0.319 e. The zero-order chi connectivity index (χ0) is 14.3. The number of benzene rings is 1. The van der Waals surface area contributed by atoms with Crippen LogP contribution < -0.4 is 0 Å². The fraction of sp³-hybridized carbons (Fsp3) is 0.429. The van der Waals surface area contributed by atoms with Crippen molar-refractivity contribution in [3.8, 4) is 0 Å². The lowest BCUT2D eigenvalue weighted by Gasteiger charge is -2.24. The highest BCUT2D eigenvalue weighted by molar-refractivity contribution is 8.69. The van der Waals surface area contributed by atoms with Gasteiger partial charge in [0.1, 0.15) is 0 Å². The molecule has 0 aliphatic carbocycles. The number of hydrogen-bond donors (Lipinski definition) is 0. The van der Waals surface area contributed by atoms with Crippen molar-refractivity contribution in [3.05, 3.63) is 41.3 Å². The average Bonchev–Trinajstić information content (AvgIpc) is 2.27. The Morgan fingerprint density at radius 3 is 2.05 bits per heavy atom. The second-order valence-electron chi connectivity index (χ2n) is 4.57. The maximum absolute atomic E-state index is 5.80. The zero-order valence-corrected chi connectivity index (χ0v) is 14.3. The van der Waals surface area contributed by atoms with Gasteiger partial charge in [0.05, 0.1) is 12.2 Å². The third-order valence-corrected chi connectivity index (χ3v) is 6.75. The van der Waals surface area contributed by atoms with E-state index in [0.29, 0.717) is 0 Å². The Kier molecular flexibility index (Phi) is 7.33. The Bertz CT molecular complexity index is 430. The van der Waals surface area contributed by atoms with Crippen molar-refractivity contribution < 1.29 is 9.05 Å². The van der Waals surface area contributed by atoms with Gasteiger partial charge in [-0.25, -0.2) is 0 Å². The van der Waals surface area contributed by atoms with E-state index in [-0.39, 0.29) is 12.2 Å². The molecule has 0 N–H and O–H groups in total. The molecule has 0 radical (unpaired) electrons. The van der Waals surface area contributed by atoms with Gasteiger partial charge in [-0.1, -0.05) is 30.3 Å². The van der Waals surface area contributed by atoms with Crippen molar-refractivity contribution in [2.24, 2.45) is 0 Å². The molecule has 0 bridgehead atoms. The SMILES string of the molecule is CC(C)OP(=S)(OC(C)C)S/C=C/c1ccccc1.